The van der Waals surface area contributed by atoms with Crippen LogP contribution in [0.3, 0.4) is 0 Å². The first-order chi connectivity index (χ1) is 6.00. The molecule has 0 radical (unpaired) electrons. The summed E-state index contributed by atoms with van der Waals surface area (Å²) < 4.78 is 25.3. The van der Waals surface area contributed by atoms with Gasteiger partial charge in [0.05, 0.1) is 0 Å². The Labute approximate surface area is 79.5 Å². The van der Waals surface area contributed by atoms with Crippen LogP contribution in [-0.2, 0) is 6.14 Å². The van der Waals surface area contributed by atoms with Gasteiger partial charge in [-0.05, 0) is 0 Å². The second-order valence-corrected chi connectivity index (χ2v) is 6.90. The van der Waals surface area contributed by atoms with Gasteiger partial charge in [0.1, 0.15) is 0 Å². The third kappa shape index (κ3) is 1.28. The predicted molar refractivity (Wildman–Crippen MR) is 52.2 cm³/mol. The Bertz CT molecular complexity index is 438. The second kappa shape index (κ2) is 2.58. The fourth-order valence-corrected chi connectivity index (χ4v) is 4.20. The number of aryl methyl sites for hydroxylation is 1. The summed E-state index contributed by atoms with van der Waals surface area (Å²) in [5.74, 6) is -0.691. The Balaban J connectivity index is 2.74. The van der Waals surface area contributed by atoms with Crippen LogP contribution in [0.2, 0.25) is 0 Å². The minimum absolute atomic E-state index is 0.178. The Morgan fingerprint density at radius 2 is 2.15 bits per heavy atom. The molecule has 0 bridgehead atoms. The van der Waals surface area contributed by atoms with Crippen molar-refractivity contribution in [3.05, 3.63) is 32.9 Å². The van der Waals surface area contributed by atoms with Crippen LogP contribution in [0.15, 0.2) is 18.2 Å². The number of hydrogen-bond acceptors (Lipinski definition) is 3. The number of rotatable bonds is 0. The van der Waals surface area contributed by atoms with Crippen molar-refractivity contribution in [2.75, 3.05) is 0 Å². The number of fused-ring (bicyclic) bond motifs is 1. The van der Waals surface area contributed by atoms with Crippen molar-refractivity contribution in [1.82, 2.24) is 0 Å². The average molecular weight is 294 g/mol. The zero-order chi connectivity index (χ0) is 9.64. The van der Waals surface area contributed by atoms with E-state index in [1.165, 1.54) is 12.1 Å². The van der Waals surface area contributed by atoms with Gasteiger partial charge in [-0.2, -0.15) is 0 Å². The molecule has 2 rings (SSSR count). The molecular formula is C8H7IO4. The maximum absolute atomic E-state index is 11.4. The van der Waals surface area contributed by atoms with Gasteiger partial charge in [-0.15, -0.1) is 0 Å². The standard InChI is InChI=1S/C8H7IO4/c1-5-2-3-6-7(4-5)9(11,12)13-8(6)10/h2-4H,1H3,(H,11,12). The van der Waals surface area contributed by atoms with Gasteiger partial charge in [-0.3, -0.25) is 0 Å². The quantitative estimate of drug-likeness (QED) is 0.737. The Kier molecular flexibility index (Phi) is 1.74. The van der Waals surface area contributed by atoms with Gasteiger partial charge in [0.2, 0.25) is 0 Å². The first kappa shape index (κ1) is 8.76. The second-order valence-electron chi connectivity index (χ2n) is 2.79. The molecule has 0 aromatic heterocycles. The summed E-state index contributed by atoms with van der Waals surface area (Å²) in [6.45, 7) is 1.79. The van der Waals surface area contributed by atoms with E-state index in [0.29, 0.717) is 0 Å². The molecule has 70 valence electrons. The normalized spacial score (nSPS) is 30.5. The molecular weight excluding hydrogens is 287 g/mol. The van der Waals surface area contributed by atoms with E-state index in [2.05, 4.69) is 3.07 Å². The first-order valence-electron chi connectivity index (χ1n) is 3.56. The SMILES string of the molecule is Cc1ccc2c(c1)I(=O)(O)OC2=O. The molecule has 0 saturated heterocycles. The molecule has 13 heavy (non-hydrogen) atoms. The number of carbonyl (C=O) groups excluding carboxylic acids is 1. The summed E-state index contributed by atoms with van der Waals surface area (Å²) in [6, 6.07) is 4.76. The summed E-state index contributed by atoms with van der Waals surface area (Å²) in [7, 11) is 0. The van der Waals surface area contributed by atoms with Crippen molar-refractivity contribution in [2.45, 2.75) is 6.92 Å². The third-order valence-electron chi connectivity index (χ3n) is 1.78. The van der Waals surface area contributed by atoms with Crippen LogP contribution < -0.4 is 0 Å². The Hall–Kier alpha value is -0.820. The van der Waals surface area contributed by atoms with E-state index in [1.807, 2.05) is 0 Å². The van der Waals surface area contributed by atoms with Crippen molar-refractivity contribution in [2.24, 2.45) is 0 Å². The maximum atomic E-state index is 11.4. The Morgan fingerprint density at radius 1 is 1.46 bits per heavy atom. The van der Waals surface area contributed by atoms with E-state index < -0.39 is 25.2 Å². The average Bonchev–Trinajstić information content (AvgIpc) is 2.23. The molecule has 1 aromatic rings. The molecule has 0 aliphatic carbocycles. The van der Waals surface area contributed by atoms with Gasteiger partial charge in [0.25, 0.3) is 0 Å². The zero-order valence-corrected chi connectivity index (χ0v) is 8.94. The molecule has 1 unspecified atom stereocenters. The molecule has 1 aliphatic rings. The van der Waals surface area contributed by atoms with Gasteiger partial charge in [-0.25, -0.2) is 0 Å². The van der Waals surface area contributed by atoms with Crippen LogP contribution in [-0.4, -0.2) is 9.41 Å². The zero-order valence-electron chi connectivity index (χ0n) is 6.78. The number of carbonyl (C=O) groups is 1. The molecule has 0 saturated carbocycles. The fourth-order valence-electron chi connectivity index (χ4n) is 1.16. The van der Waals surface area contributed by atoms with E-state index in [1.54, 1.807) is 13.0 Å². The van der Waals surface area contributed by atoms with Crippen molar-refractivity contribution < 1.29 is 14.4 Å². The Morgan fingerprint density at radius 3 is 2.85 bits per heavy atom. The molecule has 0 fully saturated rings. The van der Waals surface area contributed by atoms with Crippen LogP contribution in [0, 0.1) is 10.5 Å². The number of benzene rings is 1. The van der Waals surface area contributed by atoms with E-state index >= 15 is 0 Å². The fraction of sp³-hybridized carbons (Fsp3) is 0.125. The van der Waals surface area contributed by atoms with Crippen LogP contribution in [0.1, 0.15) is 15.9 Å². The summed E-state index contributed by atoms with van der Waals surface area (Å²) in [4.78, 5) is 11.1. The van der Waals surface area contributed by atoms with Crippen LogP contribution >= 0.6 is 19.3 Å². The molecule has 1 N–H and O–H groups in total. The first-order valence-corrected chi connectivity index (χ1v) is 7.37. The molecule has 1 heterocycles. The van der Waals surface area contributed by atoms with Crippen molar-refractivity contribution in [3.63, 3.8) is 0 Å². The molecule has 0 spiro atoms. The van der Waals surface area contributed by atoms with Crippen molar-refractivity contribution >= 4 is 25.2 Å². The molecule has 4 nitrogen and oxygen atoms in total. The third-order valence-corrected chi connectivity index (χ3v) is 5.13. The van der Waals surface area contributed by atoms with Gasteiger partial charge >= 0.3 is 79.4 Å². The predicted octanol–water partition coefficient (Wildman–Crippen LogP) is 1.54. The summed E-state index contributed by atoms with van der Waals surface area (Å²) in [5, 5.41) is 0. The number of halogens is 1. The van der Waals surface area contributed by atoms with Crippen LogP contribution in [0.5, 0.6) is 0 Å². The summed E-state index contributed by atoms with van der Waals surface area (Å²) >= 11 is -4.58. The van der Waals surface area contributed by atoms with E-state index in [-0.39, 0.29) is 9.13 Å². The van der Waals surface area contributed by atoms with E-state index in [0.717, 1.165) is 5.56 Å². The van der Waals surface area contributed by atoms with E-state index in [9.17, 15) is 11.3 Å². The summed E-state index contributed by atoms with van der Waals surface area (Å²) in [5.41, 5.74) is 1.06. The molecule has 1 aromatic carbocycles. The van der Waals surface area contributed by atoms with Gasteiger partial charge in [0.15, 0.2) is 0 Å². The minimum atomic E-state index is -4.58. The number of hydrogen-bond donors (Lipinski definition) is 1. The van der Waals surface area contributed by atoms with Crippen molar-refractivity contribution in [1.29, 1.82) is 0 Å². The van der Waals surface area contributed by atoms with Gasteiger partial charge < -0.3 is 0 Å². The topological polar surface area (TPSA) is 63.6 Å². The summed E-state index contributed by atoms with van der Waals surface area (Å²) in [6.07, 6.45) is 0. The van der Waals surface area contributed by atoms with Gasteiger partial charge in [0, 0.05) is 0 Å². The van der Waals surface area contributed by atoms with Gasteiger partial charge in [-0.1, -0.05) is 0 Å². The monoisotopic (exact) mass is 294 g/mol. The molecule has 1 atom stereocenters. The van der Waals surface area contributed by atoms with E-state index in [4.69, 9.17) is 0 Å². The van der Waals surface area contributed by atoms with Crippen molar-refractivity contribution in [3.8, 4) is 0 Å². The molecule has 5 heteroatoms. The van der Waals surface area contributed by atoms with Crippen LogP contribution in [0.25, 0.3) is 0 Å². The van der Waals surface area contributed by atoms with Crippen LogP contribution in [0.4, 0.5) is 0 Å². The molecule has 1 aliphatic heterocycles. The molecule has 0 amide bonds.